The van der Waals surface area contributed by atoms with Gasteiger partial charge in [-0.1, -0.05) is 16.6 Å². The van der Waals surface area contributed by atoms with Gasteiger partial charge in [0.25, 0.3) is 5.91 Å². The molecule has 0 aliphatic carbocycles. The van der Waals surface area contributed by atoms with E-state index in [-0.39, 0.29) is 11.9 Å². The molecule has 1 aromatic carbocycles. The number of H-pyrrole nitrogens is 1. The van der Waals surface area contributed by atoms with Crippen molar-refractivity contribution in [2.75, 3.05) is 0 Å². The molecular weight excluding hydrogens is 274 g/mol. The van der Waals surface area contributed by atoms with Gasteiger partial charge in [-0.15, -0.1) is 5.10 Å². The van der Waals surface area contributed by atoms with Crippen molar-refractivity contribution >= 4 is 28.5 Å². The number of nitrogens with one attached hydrogen (secondary N) is 2. The fraction of sp³-hybridized carbons (Fsp3) is 0.231. The molecule has 0 saturated carbocycles. The SMILES string of the molecule is Cc1nnsc1C(=O)NC(C)c1nc2ccccc2[nH]1. The summed E-state index contributed by atoms with van der Waals surface area (Å²) < 4.78 is 3.76. The molecule has 2 heterocycles. The fourth-order valence-corrected chi connectivity index (χ4v) is 2.51. The highest BCUT2D eigenvalue weighted by Crippen LogP contribution is 2.17. The fourth-order valence-electron chi connectivity index (χ4n) is 1.95. The number of aryl methyl sites for hydroxylation is 1. The van der Waals surface area contributed by atoms with Crippen LogP contribution in [0.5, 0.6) is 0 Å². The quantitative estimate of drug-likeness (QED) is 0.773. The third-order valence-electron chi connectivity index (χ3n) is 3.02. The molecule has 3 rings (SSSR count). The number of hydrogen-bond donors (Lipinski definition) is 2. The molecule has 102 valence electrons. The highest BCUT2D eigenvalue weighted by atomic mass is 32.1. The maximum Gasteiger partial charge on any atom is 0.265 e. The van der Waals surface area contributed by atoms with Crippen LogP contribution in [-0.4, -0.2) is 25.5 Å². The molecular formula is C13H13N5OS. The van der Waals surface area contributed by atoms with E-state index in [1.807, 2.05) is 31.2 Å². The van der Waals surface area contributed by atoms with Gasteiger partial charge in [-0.2, -0.15) is 0 Å². The van der Waals surface area contributed by atoms with Crippen molar-refractivity contribution < 1.29 is 4.79 Å². The molecule has 0 bridgehead atoms. The maximum absolute atomic E-state index is 12.1. The van der Waals surface area contributed by atoms with Gasteiger partial charge in [0.15, 0.2) is 0 Å². The van der Waals surface area contributed by atoms with Crippen molar-refractivity contribution in [2.45, 2.75) is 19.9 Å². The molecule has 6 nitrogen and oxygen atoms in total. The molecule has 1 amide bonds. The minimum absolute atomic E-state index is 0.176. The summed E-state index contributed by atoms with van der Waals surface area (Å²) in [5.41, 5.74) is 2.49. The maximum atomic E-state index is 12.1. The van der Waals surface area contributed by atoms with E-state index in [0.29, 0.717) is 10.6 Å². The second kappa shape index (κ2) is 5.01. The number of benzene rings is 1. The molecule has 0 saturated heterocycles. The van der Waals surface area contributed by atoms with E-state index >= 15 is 0 Å². The van der Waals surface area contributed by atoms with E-state index in [4.69, 9.17) is 0 Å². The molecule has 20 heavy (non-hydrogen) atoms. The number of nitrogens with zero attached hydrogens (tertiary/aromatic N) is 3. The molecule has 2 aromatic heterocycles. The zero-order chi connectivity index (χ0) is 14.1. The standard InChI is InChI=1S/C13H13N5OS/c1-7-11(20-18-17-7)13(19)14-8(2)12-15-9-5-3-4-6-10(9)16-12/h3-6,8H,1-2H3,(H,14,19)(H,15,16). The number of carbonyl (C=O) groups is 1. The van der Waals surface area contributed by atoms with Crippen molar-refractivity contribution in [3.05, 3.63) is 40.7 Å². The van der Waals surface area contributed by atoms with E-state index in [0.717, 1.165) is 28.4 Å². The average molecular weight is 287 g/mol. The van der Waals surface area contributed by atoms with E-state index in [9.17, 15) is 4.79 Å². The Morgan fingerprint density at radius 3 is 2.90 bits per heavy atom. The van der Waals surface area contributed by atoms with Gasteiger partial charge in [0.1, 0.15) is 10.7 Å². The number of imidazole rings is 1. The Morgan fingerprint density at radius 2 is 2.20 bits per heavy atom. The second-order valence-electron chi connectivity index (χ2n) is 4.52. The van der Waals surface area contributed by atoms with E-state index in [1.54, 1.807) is 6.92 Å². The Labute approximate surface area is 119 Å². The summed E-state index contributed by atoms with van der Waals surface area (Å²) in [7, 11) is 0. The summed E-state index contributed by atoms with van der Waals surface area (Å²) >= 11 is 1.10. The van der Waals surface area contributed by atoms with Crippen molar-refractivity contribution in [2.24, 2.45) is 0 Å². The van der Waals surface area contributed by atoms with Crippen molar-refractivity contribution in [3.63, 3.8) is 0 Å². The summed E-state index contributed by atoms with van der Waals surface area (Å²) in [6.07, 6.45) is 0. The van der Waals surface area contributed by atoms with E-state index in [2.05, 4.69) is 24.9 Å². The molecule has 7 heteroatoms. The Bertz CT molecular complexity index is 730. The van der Waals surface area contributed by atoms with E-state index < -0.39 is 0 Å². The molecule has 1 unspecified atom stereocenters. The smallest absolute Gasteiger partial charge is 0.265 e. The Morgan fingerprint density at radius 1 is 1.40 bits per heavy atom. The molecule has 0 radical (unpaired) electrons. The predicted octanol–water partition coefficient (Wildman–Crippen LogP) is 2.21. The Kier molecular flexibility index (Phi) is 3.19. The second-order valence-corrected chi connectivity index (χ2v) is 5.28. The minimum Gasteiger partial charge on any atom is -0.342 e. The van der Waals surface area contributed by atoms with Gasteiger partial charge in [-0.3, -0.25) is 4.79 Å². The van der Waals surface area contributed by atoms with Crippen LogP contribution in [0.25, 0.3) is 11.0 Å². The average Bonchev–Trinajstić information content (AvgIpc) is 3.04. The lowest BCUT2D eigenvalue weighted by molar-refractivity contribution is 0.0942. The normalized spacial score (nSPS) is 12.5. The lowest BCUT2D eigenvalue weighted by atomic mass is 10.3. The van der Waals surface area contributed by atoms with Crippen molar-refractivity contribution in [3.8, 4) is 0 Å². The summed E-state index contributed by atoms with van der Waals surface area (Å²) in [6, 6.07) is 7.55. The van der Waals surface area contributed by atoms with Crippen LogP contribution >= 0.6 is 11.5 Å². The highest BCUT2D eigenvalue weighted by molar-refractivity contribution is 7.08. The number of hydrogen-bond acceptors (Lipinski definition) is 5. The van der Waals surface area contributed by atoms with Crippen LogP contribution in [0.15, 0.2) is 24.3 Å². The van der Waals surface area contributed by atoms with Crippen LogP contribution in [-0.2, 0) is 0 Å². The van der Waals surface area contributed by atoms with Gasteiger partial charge in [0.05, 0.1) is 22.8 Å². The van der Waals surface area contributed by atoms with Crippen LogP contribution < -0.4 is 5.32 Å². The number of aromatic nitrogens is 4. The monoisotopic (exact) mass is 287 g/mol. The first-order chi connectivity index (χ1) is 9.65. The van der Waals surface area contributed by atoms with Crippen molar-refractivity contribution in [1.82, 2.24) is 24.9 Å². The number of carbonyl (C=O) groups excluding carboxylic acids is 1. The predicted molar refractivity (Wildman–Crippen MR) is 76.6 cm³/mol. The van der Waals surface area contributed by atoms with Gasteiger partial charge >= 0.3 is 0 Å². The first-order valence-electron chi connectivity index (χ1n) is 6.19. The number of para-hydroxylation sites is 2. The van der Waals surface area contributed by atoms with Crippen molar-refractivity contribution in [1.29, 1.82) is 0 Å². The molecule has 3 aromatic rings. The first-order valence-corrected chi connectivity index (χ1v) is 6.97. The van der Waals surface area contributed by atoms with Crippen LogP contribution in [0.3, 0.4) is 0 Å². The first kappa shape index (κ1) is 12.7. The molecule has 1 atom stereocenters. The molecule has 0 fully saturated rings. The zero-order valence-electron chi connectivity index (χ0n) is 11.0. The van der Waals surface area contributed by atoms with Gasteiger partial charge in [0.2, 0.25) is 0 Å². The van der Waals surface area contributed by atoms with Gasteiger partial charge in [-0.05, 0) is 37.5 Å². The minimum atomic E-state index is -0.212. The summed E-state index contributed by atoms with van der Waals surface area (Å²) in [6.45, 7) is 3.66. The lowest BCUT2D eigenvalue weighted by Gasteiger charge is -2.10. The Balaban J connectivity index is 1.80. The molecule has 0 aliphatic rings. The number of aromatic amines is 1. The van der Waals surface area contributed by atoms with Crippen LogP contribution in [0, 0.1) is 6.92 Å². The van der Waals surface area contributed by atoms with Crippen LogP contribution in [0.1, 0.15) is 34.2 Å². The number of amides is 1. The molecule has 2 N–H and O–H groups in total. The lowest BCUT2D eigenvalue weighted by Crippen LogP contribution is -2.27. The van der Waals surface area contributed by atoms with Gasteiger partial charge in [0, 0.05) is 0 Å². The Hall–Kier alpha value is -2.28. The summed E-state index contributed by atoms with van der Waals surface area (Å²) in [5, 5.41) is 6.73. The number of fused-ring (bicyclic) bond motifs is 1. The highest BCUT2D eigenvalue weighted by Gasteiger charge is 2.18. The van der Waals surface area contributed by atoms with Crippen LogP contribution in [0.4, 0.5) is 0 Å². The summed E-state index contributed by atoms with van der Waals surface area (Å²) in [4.78, 5) is 20.3. The van der Waals surface area contributed by atoms with E-state index in [1.165, 1.54) is 0 Å². The third kappa shape index (κ3) is 2.27. The van der Waals surface area contributed by atoms with Gasteiger partial charge < -0.3 is 10.3 Å². The molecule has 0 spiro atoms. The third-order valence-corrected chi connectivity index (χ3v) is 3.85. The largest absolute Gasteiger partial charge is 0.342 e. The topological polar surface area (TPSA) is 83.6 Å². The number of rotatable bonds is 3. The molecule has 0 aliphatic heterocycles. The summed E-state index contributed by atoms with van der Waals surface area (Å²) in [5.74, 6) is 0.556. The van der Waals surface area contributed by atoms with Gasteiger partial charge in [-0.25, -0.2) is 4.98 Å². The zero-order valence-corrected chi connectivity index (χ0v) is 11.9. The van der Waals surface area contributed by atoms with Crippen LogP contribution in [0.2, 0.25) is 0 Å².